The van der Waals surface area contributed by atoms with Gasteiger partial charge in [0, 0.05) is 19.3 Å². The molecule has 0 spiro atoms. The summed E-state index contributed by atoms with van der Waals surface area (Å²) in [6, 6.07) is 0. The quantitative estimate of drug-likeness (QED) is 0.0197. The van der Waals surface area contributed by atoms with Gasteiger partial charge in [-0.3, -0.25) is 23.4 Å². The first-order chi connectivity index (χ1) is 34.2. The summed E-state index contributed by atoms with van der Waals surface area (Å²) in [5, 5.41) is 9.79. The number of aliphatic hydroxyl groups excluding tert-OH is 1. The summed E-state index contributed by atoms with van der Waals surface area (Å²) in [5.41, 5.74) is 0. The number of aliphatic hydroxyl groups is 1. The predicted molar refractivity (Wildman–Crippen MR) is 289 cm³/mol. The van der Waals surface area contributed by atoms with Crippen molar-refractivity contribution in [3.63, 3.8) is 0 Å². The summed E-state index contributed by atoms with van der Waals surface area (Å²) < 4.78 is 39.5. The van der Waals surface area contributed by atoms with Crippen LogP contribution in [0.15, 0.2) is 48.6 Å². The molecule has 0 bridgehead atoms. The Hall–Kier alpha value is -2.56. The number of ether oxygens (including phenoxy) is 3. The summed E-state index contributed by atoms with van der Waals surface area (Å²) in [7, 11) is -4.75. The third kappa shape index (κ3) is 50.4. The van der Waals surface area contributed by atoms with Crippen LogP contribution in [0.3, 0.4) is 0 Å². The Morgan fingerprint density at radius 2 is 0.729 bits per heavy atom. The number of hydrogen-bond donors (Lipinski definition) is 2. The van der Waals surface area contributed by atoms with Crippen molar-refractivity contribution in [1.82, 2.24) is 0 Å². The molecule has 0 aliphatic heterocycles. The molecule has 0 rings (SSSR count). The molecule has 0 aromatic carbocycles. The van der Waals surface area contributed by atoms with Crippen molar-refractivity contribution in [2.45, 2.75) is 277 Å². The van der Waals surface area contributed by atoms with Crippen LogP contribution in [0.1, 0.15) is 265 Å². The van der Waals surface area contributed by atoms with E-state index >= 15 is 0 Å². The third-order valence-electron chi connectivity index (χ3n) is 12.2. The summed E-state index contributed by atoms with van der Waals surface area (Å²) >= 11 is 0. The summed E-state index contributed by atoms with van der Waals surface area (Å²) in [4.78, 5) is 48.5. The summed E-state index contributed by atoms with van der Waals surface area (Å²) in [6.45, 7) is 4.55. The van der Waals surface area contributed by atoms with E-state index in [4.69, 9.17) is 23.3 Å². The molecule has 0 fully saturated rings. The average molecular weight is 1010 g/mol. The number of unbranched alkanes of at least 4 members (excludes halogenated alkanes) is 28. The lowest BCUT2D eigenvalue weighted by atomic mass is 10.0. The number of hydrogen-bond acceptors (Lipinski definition) is 10. The minimum absolute atomic E-state index is 0.160. The molecule has 0 radical (unpaired) electrons. The monoisotopic (exact) mass is 1010 g/mol. The van der Waals surface area contributed by atoms with Crippen LogP contribution in [-0.4, -0.2) is 66.5 Å². The molecule has 0 saturated heterocycles. The molecule has 0 aliphatic carbocycles. The zero-order chi connectivity index (χ0) is 51.3. The van der Waals surface area contributed by atoms with Crippen LogP contribution in [0.5, 0.6) is 0 Å². The van der Waals surface area contributed by atoms with Crippen LogP contribution in [0.25, 0.3) is 0 Å². The Bertz CT molecular complexity index is 1360. The second kappa shape index (κ2) is 52.8. The van der Waals surface area contributed by atoms with Crippen LogP contribution in [-0.2, 0) is 42.2 Å². The van der Waals surface area contributed by atoms with E-state index in [1.165, 1.54) is 103 Å². The van der Waals surface area contributed by atoms with E-state index in [2.05, 4.69) is 69.4 Å². The Morgan fingerprint density at radius 1 is 0.400 bits per heavy atom. The van der Waals surface area contributed by atoms with Crippen molar-refractivity contribution in [2.24, 2.45) is 0 Å². The number of carbonyl (C=O) groups excluding carboxylic acids is 3. The Morgan fingerprint density at radius 3 is 1.14 bits per heavy atom. The van der Waals surface area contributed by atoms with Crippen molar-refractivity contribution in [3.05, 3.63) is 48.6 Å². The number of phosphoric acid groups is 1. The van der Waals surface area contributed by atoms with E-state index in [1.807, 2.05) is 0 Å². The van der Waals surface area contributed by atoms with Crippen LogP contribution < -0.4 is 0 Å². The highest BCUT2D eigenvalue weighted by Crippen LogP contribution is 2.43. The molecule has 3 unspecified atom stereocenters. The van der Waals surface area contributed by atoms with Crippen molar-refractivity contribution in [3.8, 4) is 0 Å². The van der Waals surface area contributed by atoms with Gasteiger partial charge < -0.3 is 24.2 Å². The molecule has 0 saturated carbocycles. The lowest BCUT2D eigenvalue weighted by molar-refractivity contribution is -0.161. The highest BCUT2D eigenvalue weighted by molar-refractivity contribution is 7.47. The Kier molecular flexibility index (Phi) is 50.8. The van der Waals surface area contributed by atoms with E-state index in [-0.39, 0.29) is 25.9 Å². The lowest BCUT2D eigenvalue weighted by Crippen LogP contribution is -2.30. The van der Waals surface area contributed by atoms with Crippen molar-refractivity contribution in [1.29, 1.82) is 0 Å². The zero-order valence-corrected chi connectivity index (χ0v) is 45.9. The first-order valence-electron chi connectivity index (χ1n) is 28.5. The fourth-order valence-electron chi connectivity index (χ4n) is 7.84. The predicted octanol–water partition coefficient (Wildman–Crippen LogP) is 16.6. The van der Waals surface area contributed by atoms with E-state index in [9.17, 15) is 28.9 Å². The maximum absolute atomic E-state index is 12.9. The fourth-order valence-corrected chi connectivity index (χ4v) is 8.62. The third-order valence-corrected chi connectivity index (χ3v) is 13.2. The molecular weight excluding hydrogens is 904 g/mol. The van der Waals surface area contributed by atoms with Gasteiger partial charge >= 0.3 is 25.7 Å². The average Bonchev–Trinajstić information content (AvgIpc) is 3.35. The molecule has 2 N–H and O–H groups in total. The molecule has 0 amide bonds. The first-order valence-corrected chi connectivity index (χ1v) is 30.0. The minimum atomic E-state index is -4.75. The van der Waals surface area contributed by atoms with Crippen molar-refractivity contribution < 1.29 is 52.2 Å². The van der Waals surface area contributed by atoms with Crippen molar-refractivity contribution >= 4 is 25.7 Å². The molecule has 11 nitrogen and oxygen atoms in total. The standard InChI is InChI=1S/C58H105O11P/c1-4-7-10-13-16-19-22-25-26-27-28-31-34-37-40-43-46-49-58(62)69-55(51-65-56(60)47-44-41-38-35-32-29-23-20-17-14-11-8-5-2)53-67-70(63,64)66-52-54(50-59)68-57(61)48-45-42-39-36-33-30-24-21-18-15-12-9-6-3/h12,15-16,19,21,24-26,54-55,59H,4-11,13-14,17-18,20,22-23,27-53H2,1-3H3,(H,63,64)/b15-12-,19-16-,24-21-,26-25-. The van der Waals surface area contributed by atoms with Gasteiger partial charge in [-0.1, -0.05) is 217 Å². The Balaban J connectivity index is 4.73. The van der Waals surface area contributed by atoms with Crippen LogP contribution >= 0.6 is 7.82 Å². The van der Waals surface area contributed by atoms with Gasteiger partial charge in [0.1, 0.15) is 12.7 Å². The molecule has 408 valence electrons. The first kappa shape index (κ1) is 67.4. The molecule has 0 aliphatic rings. The molecule has 12 heteroatoms. The van der Waals surface area contributed by atoms with Gasteiger partial charge in [-0.05, 0) is 77.0 Å². The molecule has 0 aromatic rings. The molecular formula is C58H105O11P. The highest BCUT2D eigenvalue weighted by Gasteiger charge is 2.28. The van der Waals surface area contributed by atoms with Gasteiger partial charge in [-0.25, -0.2) is 4.57 Å². The van der Waals surface area contributed by atoms with E-state index in [0.29, 0.717) is 19.3 Å². The lowest BCUT2D eigenvalue weighted by Gasteiger charge is -2.21. The molecule has 0 aromatic heterocycles. The van der Waals surface area contributed by atoms with E-state index < -0.39 is 57.8 Å². The molecule has 3 atom stereocenters. The normalized spacial score (nSPS) is 13.7. The van der Waals surface area contributed by atoms with Gasteiger partial charge in [0.05, 0.1) is 19.8 Å². The van der Waals surface area contributed by atoms with Gasteiger partial charge in [-0.2, -0.15) is 0 Å². The largest absolute Gasteiger partial charge is 0.472 e. The number of esters is 3. The summed E-state index contributed by atoms with van der Waals surface area (Å²) in [6.07, 6.45) is 54.9. The van der Waals surface area contributed by atoms with E-state index in [0.717, 1.165) is 103 Å². The summed E-state index contributed by atoms with van der Waals surface area (Å²) in [5.74, 6) is -1.47. The highest BCUT2D eigenvalue weighted by atomic mass is 31.2. The van der Waals surface area contributed by atoms with Crippen LogP contribution in [0, 0.1) is 0 Å². The number of phosphoric ester groups is 1. The number of rotatable bonds is 53. The second-order valence-electron chi connectivity index (χ2n) is 19.1. The maximum Gasteiger partial charge on any atom is 0.472 e. The molecule has 70 heavy (non-hydrogen) atoms. The number of carbonyl (C=O) groups is 3. The smallest absolute Gasteiger partial charge is 0.462 e. The van der Waals surface area contributed by atoms with Crippen LogP contribution in [0.2, 0.25) is 0 Å². The Labute approximate surface area is 428 Å². The van der Waals surface area contributed by atoms with Gasteiger partial charge in [0.2, 0.25) is 0 Å². The van der Waals surface area contributed by atoms with Crippen molar-refractivity contribution in [2.75, 3.05) is 26.4 Å². The SMILES string of the molecule is CCC/C=C\C/C=C\CCCCCCCC(=O)OC(CO)COP(=O)(O)OCC(COC(=O)CCCCCCCCCCCCCCC)OC(=O)CCCCCCCCC/C=C\C/C=C\CCCCC. The molecule has 0 heterocycles. The van der Waals surface area contributed by atoms with Gasteiger partial charge in [0.15, 0.2) is 6.10 Å². The van der Waals surface area contributed by atoms with Gasteiger partial charge in [0.25, 0.3) is 0 Å². The maximum atomic E-state index is 12.9. The fraction of sp³-hybridized carbons (Fsp3) is 0.810. The zero-order valence-electron chi connectivity index (χ0n) is 45.0. The number of allylic oxidation sites excluding steroid dienone is 8. The second-order valence-corrected chi connectivity index (χ2v) is 20.6. The van der Waals surface area contributed by atoms with Gasteiger partial charge in [-0.15, -0.1) is 0 Å². The minimum Gasteiger partial charge on any atom is -0.462 e. The topological polar surface area (TPSA) is 155 Å². The van der Waals surface area contributed by atoms with E-state index in [1.54, 1.807) is 0 Å². The van der Waals surface area contributed by atoms with Crippen LogP contribution in [0.4, 0.5) is 0 Å².